The highest BCUT2D eigenvalue weighted by Gasteiger charge is 2.24. The topological polar surface area (TPSA) is 21.3 Å². The molecule has 0 aromatic heterocycles. The molecule has 1 aromatic rings. The van der Waals surface area contributed by atoms with E-state index in [0.717, 1.165) is 18.5 Å². The fraction of sp³-hybridized carbons (Fsp3) is 0.571. The van der Waals surface area contributed by atoms with Crippen molar-refractivity contribution < 1.29 is 9.13 Å². The Morgan fingerprint density at radius 2 is 2.12 bits per heavy atom. The molecule has 17 heavy (non-hydrogen) atoms. The van der Waals surface area contributed by atoms with E-state index in [9.17, 15) is 4.39 Å². The Hall–Kier alpha value is -1.09. The molecule has 0 amide bonds. The molecule has 0 radical (unpaired) electrons. The smallest absolute Gasteiger partial charge is 0.168 e. The van der Waals surface area contributed by atoms with Crippen molar-refractivity contribution in [2.75, 3.05) is 20.7 Å². The molecule has 0 aliphatic rings. The summed E-state index contributed by atoms with van der Waals surface area (Å²) in [6, 6.07) is 5.33. The van der Waals surface area contributed by atoms with Crippen molar-refractivity contribution in [3.05, 3.63) is 29.6 Å². The van der Waals surface area contributed by atoms with E-state index in [1.54, 1.807) is 6.07 Å². The van der Waals surface area contributed by atoms with Gasteiger partial charge in [-0.25, -0.2) is 4.39 Å². The quantitative estimate of drug-likeness (QED) is 0.824. The number of hydrogen-bond acceptors (Lipinski definition) is 2. The molecule has 0 aliphatic heterocycles. The van der Waals surface area contributed by atoms with Crippen molar-refractivity contribution in [3.8, 4) is 5.75 Å². The largest absolute Gasteiger partial charge is 0.494 e. The Kier molecular flexibility index (Phi) is 4.94. The molecule has 0 heterocycles. The van der Waals surface area contributed by atoms with Crippen LogP contribution in [0.2, 0.25) is 0 Å². The van der Waals surface area contributed by atoms with Crippen LogP contribution >= 0.6 is 0 Å². The maximum atomic E-state index is 14.0. The van der Waals surface area contributed by atoms with Gasteiger partial charge in [0.1, 0.15) is 0 Å². The van der Waals surface area contributed by atoms with Gasteiger partial charge < -0.3 is 10.1 Å². The molecule has 0 aliphatic carbocycles. The lowest BCUT2D eigenvalue weighted by Gasteiger charge is -2.28. The van der Waals surface area contributed by atoms with E-state index in [2.05, 4.69) is 19.2 Å². The van der Waals surface area contributed by atoms with Gasteiger partial charge >= 0.3 is 0 Å². The van der Waals surface area contributed by atoms with Crippen molar-refractivity contribution in [1.29, 1.82) is 0 Å². The number of halogens is 1. The van der Waals surface area contributed by atoms with Crippen LogP contribution in [-0.4, -0.2) is 20.7 Å². The van der Waals surface area contributed by atoms with Crippen molar-refractivity contribution in [1.82, 2.24) is 5.32 Å². The van der Waals surface area contributed by atoms with E-state index in [0.29, 0.717) is 12.2 Å². The lowest BCUT2D eigenvalue weighted by Crippen LogP contribution is -2.31. The van der Waals surface area contributed by atoms with Crippen LogP contribution in [0.25, 0.3) is 0 Å². The number of methoxy groups -OCH3 is 1. The molecule has 2 nitrogen and oxygen atoms in total. The Bertz CT molecular complexity index is 367. The first-order valence-corrected chi connectivity index (χ1v) is 6.02. The first kappa shape index (κ1) is 14.0. The zero-order chi connectivity index (χ0) is 12.9. The van der Waals surface area contributed by atoms with E-state index < -0.39 is 0 Å². The van der Waals surface area contributed by atoms with Crippen LogP contribution in [0.1, 0.15) is 25.8 Å². The molecule has 1 unspecified atom stereocenters. The molecule has 1 atom stereocenters. The summed E-state index contributed by atoms with van der Waals surface area (Å²) in [7, 11) is 3.42. The maximum Gasteiger partial charge on any atom is 0.168 e. The highest BCUT2D eigenvalue weighted by Crippen LogP contribution is 2.29. The normalized spacial score (nSPS) is 14.4. The standard InChI is InChI=1S/C14H22FNO/c1-5-14(2,10-16-3)9-11-7-6-8-12(17-4)13(11)15/h6-8,16H,5,9-10H2,1-4H3. The van der Waals surface area contributed by atoms with Gasteiger partial charge in [0.2, 0.25) is 0 Å². The first-order valence-electron chi connectivity index (χ1n) is 6.02. The van der Waals surface area contributed by atoms with Crippen molar-refractivity contribution in [2.24, 2.45) is 5.41 Å². The summed E-state index contributed by atoms with van der Waals surface area (Å²) < 4.78 is 19.0. The summed E-state index contributed by atoms with van der Waals surface area (Å²) in [6.07, 6.45) is 1.72. The fourth-order valence-electron chi connectivity index (χ4n) is 2.05. The van der Waals surface area contributed by atoms with E-state index in [-0.39, 0.29) is 11.2 Å². The van der Waals surface area contributed by atoms with E-state index >= 15 is 0 Å². The number of hydrogen-bond donors (Lipinski definition) is 1. The molecule has 1 rings (SSSR count). The van der Waals surface area contributed by atoms with Gasteiger partial charge in [-0.3, -0.25) is 0 Å². The molecule has 0 spiro atoms. The average Bonchev–Trinajstić information content (AvgIpc) is 2.32. The molecule has 0 saturated carbocycles. The summed E-state index contributed by atoms with van der Waals surface area (Å²) in [5.74, 6) is 0.0937. The third kappa shape index (κ3) is 3.43. The average molecular weight is 239 g/mol. The predicted molar refractivity (Wildman–Crippen MR) is 69.0 cm³/mol. The number of nitrogens with one attached hydrogen (secondary N) is 1. The summed E-state index contributed by atoms with van der Waals surface area (Å²) in [5, 5.41) is 3.17. The van der Waals surface area contributed by atoms with Crippen LogP contribution < -0.4 is 10.1 Å². The lowest BCUT2D eigenvalue weighted by molar-refractivity contribution is 0.292. The summed E-state index contributed by atoms with van der Waals surface area (Å²) in [5.41, 5.74) is 0.797. The van der Waals surface area contributed by atoms with Gasteiger partial charge in [0.25, 0.3) is 0 Å². The molecule has 0 fully saturated rings. The van der Waals surface area contributed by atoms with Crippen LogP contribution in [0.3, 0.4) is 0 Å². The van der Waals surface area contributed by atoms with Crippen LogP contribution in [0.4, 0.5) is 4.39 Å². The molecular weight excluding hydrogens is 217 g/mol. The Labute approximate surface area is 103 Å². The zero-order valence-electron chi connectivity index (χ0n) is 11.1. The number of ether oxygens (including phenoxy) is 1. The minimum Gasteiger partial charge on any atom is -0.494 e. The lowest BCUT2D eigenvalue weighted by atomic mass is 9.81. The highest BCUT2D eigenvalue weighted by atomic mass is 19.1. The Balaban J connectivity index is 2.93. The first-order chi connectivity index (χ1) is 8.06. The summed E-state index contributed by atoms with van der Waals surface area (Å²) >= 11 is 0. The van der Waals surface area contributed by atoms with E-state index in [1.807, 2.05) is 19.2 Å². The van der Waals surface area contributed by atoms with Crippen LogP contribution in [0, 0.1) is 11.2 Å². The van der Waals surface area contributed by atoms with Crippen LogP contribution in [-0.2, 0) is 6.42 Å². The zero-order valence-corrected chi connectivity index (χ0v) is 11.1. The van der Waals surface area contributed by atoms with E-state index in [4.69, 9.17) is 4.74 Å². The molecule has 3 heteroatoms. The van der Waals surface area contributed by atoms with Crippen molar-refractivity contribution in [2.45, 2.75) is 26.7 Å². The highest BCUT2D eigenvalue weighted by molar-refractivity contribution is 5.31. The van der Waals surface area contributed by atoms with Gasteiger partial charge in [0, 0.05) is 6.54 Å². The maximum absolute atomic E-state index is 14.0. The summed E-state index contributed by atoms with van der Waals surface area (Å²) in [4.78, 5) is 0. The SMILES string of the molecule is CCC(C)(CNC)Cc1cccc(OC)c1F. The minimum absolute atomic E-state index is 0.0714. The second kappa shape index (κ2) is 6.01. The fourth-order valence-corrected chi connectivity index (χ4v) is 2.05. The van der Waals surface area contributed by atoms with Gasteiger partial charge in [-0.2, -0.15) is 0 Å². The Morgan fingerprint density at radius 3 is 2.65 bits per heavy atom. The Morgan fingerprint density at radius 1 is 1.41 bits per heavy atom. The minimum atomic E-state index is -0.231. The predicted octanol–water partition coefficient (Wildman–Crippen LogP) is 3.01. The molecule has 0 bridgehead atoms. The van der Waals surface area contributed by atoms with Gasteiger partial charge in [-0.15, -0.1) is 0 Å². The number of benzene rings is 1. The summed E-state index contributed by atoms with van der Waals surface area (Å²) in [6.45, 7) is 5.18. The van der Waals surface area contributed by atoms with Crippen molar-refractivity contribution >= 4 is 0 Å². The van der Waals surface area contributed by atoms with Crippen LogP contribution in [0.5, 0.6) is 5.75 Å². The second-order valence-electron chi connectivity index (χ2n) is 4.80. The van der Waals surface area contributed by atoms with Crippen LogP contribution in [0.15, 0.2) is 18.2 Å². The third-order valence-electron chi connectivity index (χ3n) is 3.34. The second-order valence-corrected chi connectivity index (χ2v) is 4.80. The van der Waals surface area contributed by atoms with E-state index in [1.165, 1.54) is 7.11 Å². The monoisotopic (exact) mass is 239 g/mol. The molecule has 1 N–H and O–H groups in total. The van der Waals surface area contributed by atoms with Gasteiger partial charge in [0.05, 0.1) is 7.11 Å². The third-order valence-corrected chi connectivity index (χ3v) is 3.34. The molecule has 1 aromatic carbocycles. The van der Waals surface area contributed by atoms with Crippen molar-refractivity contribution in [3.63, 3.8) is 0 Å². The van der Waals surface area contributed by atoms with Gasteiger partial charge in [-0.1, -0.05) is 26.0 Å². The van der Waals surface area contributed by atoms with Gasteiger partial charge in [-0.05, 0) is 36.9 Å². The number of rotatable bonds is 6. The molecular formula is C14H22FNO. The van der Waals surface area contributed by atoms with Gasteiger partial charge in [0.15, 0.2) is 11.6 Å². The molecule has 0 saturated heterocycles. The molecule has 96 valence electrons.